The van der Waals surface area contributed by atoms with E-state index in [4.69, 9.17) is 0 Å². The van der Waals surface area contributed by atoms with Crippen LogP contribution in [0.1, 0.15) is 32.1 Å². The van der Waals surface area contributed by atoms with Crippen LogP contribution < -0.4 is 5.32 Å². The third-order valence-corrected chi connectivity index (χ3v) is 3.76. The van der Waals surface area contributed by atoms with Gasteiger partial charge in [0.05, 0.1) is 5.52 Å². The Labute approximate surface area is 108 Å². The van der Waals surface area contributed by atoms with Crippen LogP contribution in [0.3, 0.4) is 0 Å². The normalized spacial score (nSPS) is 16.9. The molecule has 0 unspecified atom stereocenters. The third-order valence-electron chi connectivity index (χ3n) is 3.76. The van der Waals surface area contributed by atoms with Crippen LogP contribution in [0.4, 0.5) is 5.95 Å². The predicted octanol–water partition coefficient (Wildman–Crippen LogP) is 3.62. The highest BCUT2D eigenvalue weighted by Gasteiger charge is 2.13. The van der Waals surface area contributed by atoms with Gasteiger partial charge in [0.2, 0.25) is 5.95 Å². The monoisotopic (exact) mass is 241 g/mol. The van der Waals surface area contributed by atoms with Crippen LogP contribution in [-0.4, -0.2) is 16.5 Å². The van der Waals surface area contributed by atoms with E-state index in [-0.39, 0.29) is 0 Å². The van der Waals surface area contributed by atoms with E-state index < -0.39 is 0 Å². The molecule has 3 rings (SSSR count). The average Bonchev–Trinajstić information content (AvgIpc) is 2.46. The lowest BCUT2D eigenvalue weighted by Gasteiger charge is -2.21. The zero-order chi connectivity index (χ0) is 12.2. The number of nitrogens with one attached hydrogen (secondary N) is 1. The van der Waals surface area contributed by atoms with Crippen molar-refractivity contribution in [1.29, 1.82) is 0 Å². The Balaban J connectivity index is 1.66. The minimum atomic E-state index is 0.763. The standard InChI is InChI=1S/C15H19N3/c1-2-6-12(7-3-1)10-16-15-17-11-13-8-4-5-9-14(13)18-15/h4-5,8-9,11-12H,1-3,6-7,10H2,(H,16,17,18). The van der Waals surface area contributed by atoms with Crippen LogP contribution in [0, 0.1) is 5.92 Å². The lowest BCUT2D eigenvalue weighted by Crippen LogP contribution is -2.18. The summed E-state index contributed by atoms with van der Waals surface area (Å²) in [4.78, 5) is 8.91. The van der Waals surface area contributed by atoms with Gasteiger partial charge >= 0.3 is 0 Å². The molecule has 0 bridgehead atoms. The predicted molar refractivity (Wildman–Crippen MR) is 74.6 cm³/mol. The zero-order valence-corrected chi connectivity index (χ0v) is 10.6. The summed E-state index contributed by atoms with van der Waals surface area (Å²) >= 11 is 0. The molecule has 1 aromatic heterocycles. The number of hydrogen-bond acceptors (Lipinski definition) is 3. The Morgan fingerprint density at radius 2 is 1.94 bits per heavy atom. The molecule has 0 radical (unpaired) electrons. The van der Waals surface area contributed by atoms with Gasteiger partial charge in [-0.2, -0.15) is 0 Å². The summed E-state index contributed by atoms with van der Waals surface area (Å²) in [7, 11) is 0. The summed E-state index contributed by atoms with van der Waals surface area (Å²) in [5.41, 5.74) is 1.01. The first-order chi connectivity index (χ1) is 8.92. The van der Waals surface area contributed by atoms with E-state index in [2.05, 4.69) is 15.3 Å². The Bertz CT molecular complexity index is 518. The Morgan fingerprint density at radius 1 is 1.11 bits per heavy atom. The second-order valence-electron chi connectivity index (χ2n) is 5.14. The maximum absolute atomic E-state index is 4.54. The summed E-state index contributed by atoms with van der Waals surface area (Å²) in [6, 6.07) is 8.10. The van der Waals surface area contributed by atoms with Crippen molar-refractivity contribution in [2.45, 2.75) is 32.1 Å². The summed E-state index contributed by atoms with van der Waals surface area (Å²) < 4.78 is 0. The van der Waals surface area contributed by atoms with Gasteiger partial charge in [-0.3, -0.25) is 0 Å². The zero-order valence-electron chi connectivity index (χ0n) is 10.6. The maximum atomic E-state index is 4.54. The lowest BCUT2D eigenvalue weighted by atomic mass is 9.89. The van der Waals surface area contributed by atoms with Gasteiger partial charge < -0.3 is 5.32 Å². The van der Waals surface area contributed by atoms with Gasteiger partial charge in [0, 0.05) is 18.1 Å². The molecule has 0 atom stereocenters. The number of rotatable bonds is 3. The molecule has 3 heteroatoms. The number of para-hydroxylation sites is 1. The number of benzene rings is 1. The fourth-order valence-corrected chi connectivity index (χ4v) is 2.68. The second-order valence-corrected chi connectivity index (χ2v) is 5.14. The van der Waals surface area contributed by atoms with Gasteiger partial charge in [-0.15, -0.1) is 0 Å². The minimum absolute atomic E-state index is 0.763. The molecule has 3 nitrogen and oxygen atoms in total. The van der Waals surface area contributed by atoms with E-state index in [1.807, 2.05) is 30.5 Å². The highest BCUT2D eigenvalue weighted by molar-refractivity contribution is 5.78. The van der Waals surface area contributed by atoms with Gasteiger partial charge in [-0.1, -0.05) is 37.5 Å². The molecule has 2 aromatic rings. The highest BCUT2D eigenvalue weighted by atomic mass is 15.1. The van der Waals surface area contributed by atoms with E-state index in [1.54, 1.807) is 0 Å². The highest BCUT2D eigenvalue weighted by Crippen LogP contribution is 2.23. The van der Waals surface area contributed by atoms with Crippen LogP contribution in [-0.2, 0) is 0 Å². The Morgan fingerprint density at radius 3 is 2.83 bits per heavy atom. The molecule has 0 saturated heterocycles. The Hall–Kier alpha value is -1.64. The smallest absolute Gasteiger partial charge is 0.223 e. The van der Waals surface area contributed by atoms with Crippen LogP contribution >= 0.6 is 0 Å². The molecule has 0 aliphatic heterocycles. The fourth-order valence-electron chi connectivity index (χ4n) is 2.68. The molecular formula is C15H19N3. The van der Waals surface area contributed by atoms with Gasteiger partial charge in [-0.25, -0.2) is 9.97 Å². The number of hydrogen-bond donors (Lipinski definition) is 1. The summed E-state index contributed by atoms with van der Waals surface area (Å²) in [6.45, 7) is 1.01. The van der Waals surface area contributed by atoms with E-state index in [0.29, 0.717) is 0 Å². The topological polar surface area (TPSA) is 37.8 Å². The molecule has 94 valence electrons. The molecule has 1 N–H and O–H groups in total. The van der Waals surface area contributed by atoms with Crippen molar-refractivity contribution < 1.29 is 0 Å². The number of nitrogens with zero attached hydrogens (tertiary/aromatic N) is 2. The van der Waals surface area contributed by atoms with Crippen LogP contribution in [0.25, 0.3) is 10.9 Å². The molecule has 0 amide bonds. The van der Waals surface area contributed by atoms with Crippen molar-refractivity contribution in [1.82, 2.24) is 9.97 Å². The lowest BCUT2D eigenvalue weighted by molar-refractivity contribution is 0.373. The molecule has 0 spiro atoms. The fraction of sp³-hybridized carbons (Fsp3) is 0.467. The molecule has 1 heterocycles. The minimum Gasteiger partial charge on any atom is -0.354 e. The Kier molecular flexibility index (Phi) is 3.40. The molecule has 1 aromatic carbocycles. The summed E-state index contributed by atoms with van der Waals surface area (Å²) in [5, 5.41) is 4.48. The van der Waals surface area contributed by atoms with Crippen molar-refractivity contribution in [3.05, 3.63) is 30.5 Å². The maximum Gasteiger partial charge on any atom is 0.223 e. The van der Waals surface area contributed by atoms with E-state index in [1.165, 1.54) is 32.1 Å². The molecule has 1 saturated carbocycles. The first-order valence-corrected chi connectivity index (χ1v) is 6.87. The van der Waals surface area contributed by atoms with Crippen LogP contribution in [0.15, 0.2) is 30.5 Å². The first kappa shape index (κ1) is 11.5. The molecule has 1 aliphatic carbocycles. The van der Waals surface area contributed by atoms with Crippen molar-refractivity contribution in [2.75, 3.05) is 11.9 Å². The second kappa shape index (κ2) is 5.34. The third kappa shape index (κ3) is 2.61. The van der Waals surface area contributed by atoms with Crippen LogP contribution in [0.2, 0.25) is 0 Å². The van der Waals surface area contributed by atoms with Crippen molar-refractivity contribution in [2.24, 2.45) is 5.92 Å². The summed E-state index contributed by atoms with van der Waals surface area (Å²) in [5.74, 6) is 1.56. The van der Waals surface area contributed by atoms with E-state index >= 15 is 0 Å². The first-order valence-electron chi connectivity index (χ1n) is 6.87. The molecule has 1 aliphatic rings. The largest absolute Gasteiger partial charge is 0.354 e. The van der Waals surface area contributed by atoms with Gasteiger partial charge in [0.25, 0.3) is 0 Å². The number of anilines is 1. The van der Waals surface area contributed by atoms with Crippen molar-refractivity contribution in [3.8, 4) is 0 Å². The number of aromatic nitrogens is 2. The molecule has 1 fully saturated rings. The van der Waals surface area contributed by atoms with E-state index in [9.17, 15) is 0 Å². The molecule has 18 heavy (non-hydrogen) atoms. The molecular weight excluding hydrogens is 222 g/mol. The average molecular weight is 241 g/mol. The SMILES string of the molecule is c1ccc2nc(NCC3CCCCC3)ncc2c1. The van der Waals surface area contributed by atoms with E-state index in [0.717, 1.165) is 29.3 Å². The van der Waals surface area contributed by atoms with Crippen molar-refractivity contribution in [3.63, 3.8) is 0 Å². The summed E-state index contributed by atoms with van der Waals surface area (Å²) in [6.07, 6.45) is 8.76. The van der Waals surface area contributed by atoms with Gasteiger partial charge in [0.15, 0.2) is 0 Å². The number of fused-ring (bicyclic) bond motifs is 1. The van der Waals surface area contributed by atoms with Gasteiger partial charge in [0.1, 0.15) is 0 Å². The quantitative estimate of drug-likeness (QED) is 0.891. The van der Waals surface area contributed by atoms with Crippen LogP contribution in [0.5, 0.6) is 0 Å². The van der Waals surface area contributed by atoms with Gasteiger partial charge in [-0.05, 0) is 24.8 Å². The van der Waals surface area contributed by atoms with Crippen molar-refractivity contribution >= 4 is 16.9 Å².